The molecule has 10 heteroatoms. The van der Waals surface area contributed by atoms with Crippen LogP contribution in [0.2, 0.25) is 0 Å². The highest BCUT2D eigenvalue weighted by Gasteiger charge is 2.28. The molecular weight excluding hydrogens is 506 g/mol. The van der Waals surface area contributed by atoms with Gasteiger partial charge in [0, 0.05) is 42.3 Å². The molecule has 0 radical (unpaired) electrons. The summed E-state index contributed by atoms with van der Waals surface area (Å²) in [5.74, 6) is 2.41. The molecule has 5 rings (SSSR count). The van der Waals surface area contributed by atoms with Crippen molar-refractivity contribution in [1.82, 2.24) is 20.1 Å². The van der Waals surface area contributed by atoms with Gasteiger partial charge in [-0.25, -0.2) is 9.97 Å². The van der Waals surface area contributed by atoms with Crippen molar-refractivity contribution in [3.05, 3.63) is 42.2 Å². The van der Waals surface area contributed by atoms with Gasteiger partial charge >= 0.3 is 6.01 Å². The number of thioether (sulfide) groups is 1. The van der Waals surface area contributed by atoms with E-state index in [2.05, 4.69) is 60.1 Å². The minimum Gasteiger partial charge on any atom is -0.467 e. The molecule has 1 unspecified atom stereocenters. The quantitative estimate of drug-likeness (QED) is 0.170. The molecule has 1 aromatic carbocycles. The number of hydrogen-bond donors (Lipinski definition) is 0. The van der Waals surface area contributed by atoms with Gasteiger partial charge in [0.1, 0.15) is 16.5 Å². The van der Waals surface area contributed by atoms with E-state index in [4.69, 9.17) is 24.0 Å². The predicted molar refractivity (Wildman–Crippen MR) is 149 cm³/mol. The number of fused-ring (bicyclic) bond motifs is 1. The number of ether oxygens (including phenoxy) is 2. The number of pyridine rings is 1. The number of anilines is 1. The molecule has 8 nitrogen and oxygen atoms in total. The second kappa shape index (κ2) is 11.8. The van der Waals surface area contributed by atoms with Gasteiger partial charge in [-0.3, -0.25) is 0 Å². The summed E-state index contributed by atoms with van der Waals surface area (Å²) in [7, 11) is 1.73. The van der Waals surface area contributed by atoms with Crippen LogP contribution in [0.15, 0.2) is 45.8 Å². The third kappa shape index (κ3) is 6.25. The highest BCUT2D eigenvalue weighted by Crippen LogP contribution is 2.33. The fraction of sp³-hybridized carbons (Fsp3) is 0.481. The number of hydrogen-bond acceptors (Lipinski definition) is 10. The van der Waals surface area contributed by atoms with Crippen molar-refractivity contribution in [3.8, 4) is 16.5 Å². The number of methoxy groups -OCH3 is 1. The third-order valence-electron chi connectivity index (χ3n) is 6.65. The van der Waals surface area contributed by atoms with Crippen LogP contribution in [-0.2, 0) is 4.74 Å². The normalized spacial score (nSPS) is 15.5. The highest BCUT2D eigenvalue weighted by atomic mass is 32.2. The molecule has 0 saturated carbocycles. The van der Waals surface area contributed by atoms with Gasteiger partial charge in [-0.15, -0.1) is 11.8 Å². The molecule has 1 atom stereocenters. The van der Waals surface area contributed by atoms with Gasteiger partial charge in [-0.2, -0.15) is 4.98 Å². The first-order valence-corrected chi connectivity index (χ1v) is 14.6. The minimum absolute atomic E-state index is 0.0687. The lowest BCUT2D eigenvalue weighted by Crippen LogP contribution is -2.38. The molecule has 0 N–H and O–H groups in total. The number of rotatable bonds is 10. The molecule has 1 aliphatic rings. The van der Waals surface area contributed by atoms with Crippen molar-refractivity contribution in [2.45, 2.75) is 50.5 Å². The van der Waals surface area contributed by atoms with Gasteiger partial charge in [0.2, 0.25) is 0 Å². The lowest BCUT2D eigenvalue weighted by Gasteiger charge is -2.33. The molecule has 1 aliphatic heterocycles. The van der Waals surface area contributed by atoms with Crippen LogP contribution >= 0.6 is 23.1 Å². The molecule has 196 valence electrons. The Bertz CT molecular complexity index is 1300. The fourth-order valence-electron chi connectivity index (χ4n) is 4.38. The van der Waals surface area contributed by atoms with Crippen molar-refractivity contribution in [3.63, 3.8) is 0 Å². The maximum atomic E-state index is 6.31. The second-order valence-electron chi connectivity index (χ2n) is 9.60. The summed E-state index contributed by atoms with van der Waals surface area (Å²) in [4.78, 5) is 18.4. The monoisotopic (exact) mass is 539 g/mol. The van der Waals surface area contributed by atoms with E-state index in [0.717, 1.165) is 65.7 Å². The Morgan fingerprint density at radius 1 is 1.05 bits per heavy atom. The van der Waals surface area contributed by atoms with Crippen molar-refractivity contribution in [1.29, 1.82) is 0 Å². The topological polar surface area (TPSA) is 86.4 Å². The van der Waals surface area contributed by atoms with E-state index in [0.29, 0.717) is 17.1 Å². The van der Waals surface area contributed by atoms with E-state index in [1.54, 1.807) is 18.9 Å². The number of thiazole rings is 1. The van der Waals surface area contributed by atoms with Crippen LogP contribution in [-0.4, -0.2) is 58.8 Å². The van der Waals surface area contributed by atoms with Gasteiger partial charge in [-0.1, -0.05) is 42.5 Å². The first kappa shape index (κ1) is 25.9. The Morgan fingerprint density at radius 3 is 2.54 bits per heavy atom. The Labute approximate surface area is 225 Å². The summed E-state index contributed by atoms with van der Waals surface area (Å²) in [6.07, 6.45) is 2.08. The van der Waals surface area contributed by atoms with Crippen LogP contribution in [0.1, 0.15) is 45.4 Å². The van der Waals surface area contributed by atoms with Crippen molar-refractivity contribution < 1.29 is 14.0 Å². The van der Waals surface area contributed by atoms with Crippen LogP contribution in [0, 0.1) is 5.92 Å². The average molecular weight is 540 g/mol. The fourth-order valence-corrected chi connectivity index (χ4v) is 6.06. The molecule has 0 aliphatic carbocycles. The van der Waals surface area contributed by atoms with E-state index >= 15 is 0 Å². The zero-order chi connectivity index (χ0) is 25.8. The van der Waals surface area contributed by atoms with Crippen LogP contribution in [0.25, 0.3) is 21.6 Å². The summed E-state index contributed by atoms with van der Waals surface area (Å²) >= 11 is 3.30. The number of benzene rings is 1. The van der Waals surface area contributed by atoms with E-state index in [9.17, 15) is 0 Å². The summed E-state index contributed by atoms with van der Waals surface area (Å²) in [5.41, 5.74) is 2.91. The van der Waals surface area contributed by atoms with Crippen LogP contribution < -0.4 is 9.64 Å². The maximum Gasteiger partial charge on any atom is 0.324 e. The second-order valence-corrected chi connectivity index (χ2v) is 11.7. The summed E-state index contributed by atoms with van der Waals surface area (Å²) in [6.45, 7) is 8.79. The highest BCUT2D eigenvalue weighted by molar-refractivity contribution is 7.99. The molecule has 1 saturated heterocycles. The molecule has 0 spiro atoms. The summed E-state index contributed by atoms with van der Waals surface area (Å²) in [5, 5.41) is 4.77. The SMILES string of the molecule is COCCSc1ccc(-c2ccc3nc(OC(C)C4CCN(c5nc(C(C)C)no5)CC4)sc3n2)cc1. The van der Waals surface area contributed by atoms with E-state index in [1.807, 2.05) is 12.1 Å². The van der Waals surface area contributed by atoms with Gasteiger partial charge in [0.05, 0.1) is 12.3 Å². The molecule has 1 fully saturated rings. The molecule has 3 aromatic heterocycles. The first-order valence-electron chi connectivity index (χ1n) is 12.7. The van der Waals surface area contributed by atoms with Crippen molar-refractivity contribution in [2.75, 3.05) is 37.5 Å². The first-order chi connectivity index (χ1) is 18.0. The third-order valence-corrected chi connectivity index (χ3v) is 8.48. The van der Waals surface area contributed by atoms with Gasteiger partial charge < -0.3 is 18.9 Å². The van der Waals surface area contributed by atoms with Crippen LogP contribution in [0.3, 0.4) is 0 Å². The maximum absolute atomic E-state index is 6.31. The zero-order valence-corrected chi connectivity index (χ0v) is 23.3. The Hall–Kier alpha value is -2.69. The smallest absolute Gasteiger partial charge is 0.324 e. The minimum atomic E-state index is 0.0687. The van der Waals surface area contributed by atoms with E-state index in [1.165, 1.54) is 16.2 Å². The predicted octanol–water partition coefficient (Wildman–Crippen LogP) is 6.29. The van der Waals surface area contributed by atoms with Gasteiger partial charge in [0.25, 0.3) is 5.19 Å². The van der Waals surface area contributed by atoms with Gasteiger partial charge in [0.15, 0.2) is 5.82 Å². The Balaban J connectivity index is 1.18. The average Bonchev–Trinajstić information content (AvgIpc) is 3.56. The molecular formula is C27H33N5O3S2. The van der Waals surface area contributed by atoms with E-state index in [-0.39, 0.29) is 12.0 Å². The molecule has 4 heterocycles. The van der Waals surface area contributed by atoms with E-state index < -0.39 is 0 Å². The molecule has 0 amide bonds. The van der Waals surface area contributed by atoms with Crippen LogP contribution in [0.4, 0.5) is 6.01 Å². The lowest BCUT2D eigenvalue weighted by atomic mass is 9.92. The summed E-state index contributed by atoms with van der Waals surface area (Å²) in [6, 6.07) is 13.2. The number of aromatic nitrogens is 4. The Morgan fingerprint density at radius 2 is 1.84 bits per heavy atom. The number of piperidine rings is 1. The molecule has 0 bridgehead atoms. The standard InChI is InChI=1S/C27H33N5O3S2/c1-17(2)24-30-26(35-31-24)32-13-11-19(12-14-32)18(3)34-27-29-23-10-9-22(28-25(23)37-27)20-5-7-21(8-6-20)36-16-15-33-4/h5-10,17-19H,11-16H2,1-4H3. The lowest BCUT2D eigenvalue weighted by molar-refractivity contribution is 0.131. The summed E-state index contributed by atoms with van der Waals surface area (Å²) < 4.78 is 16.9. The molecule has 4 aromatic rings. The number of nitrogens with zero attached hydrogens (tertiary/aromatic N) is 5. The van der Waals surface area contributed by atoms with Crippen molar-refractivity contribution >= 4 is 39.5 Å². The van der Waals surface area contributed by atoms with Crippen molar-refractivity contribution in [2.24, 2.45) is 5.92 Å². The van der Waals surface area contributed by atoms with Crippen LogP contribution in [0.5, 0.6) is 5.19 Å². The largest absolute Gasteiger partial charge is 0.467 e. The van der Waals surface area contributed by atoms with Gasteiger partial charge in [-0.05, 0) is 49.9 Å². The Kier molecular flexibility index (Phi) is 8.26. The zero-order valence-electron chi connectivity index (χ0n) is 21.7. The molecule has 37 heavy (non-hydrogen) atoms.